The molecule has 3 nitrogen and oxygen atoms in total. The molecule has 2 N–H and O–H groups in total. The molecule has 1 aromatic carbocycles. The lowest BCUT2D eigenvalue weighted by molar-refractivity contribution is -0.132. The normalized spacial score (nSPS) is 17.2. The molecule has 0 saturated heterocycles. The molecule has 17 heavy (non-hydrogen) atoms. The highest BCUT2D eigenvalue weighted by Crippen LogP contribution is 2.16. The number of hydrogen-bond donors (Lipinski definition) is 1. The molecule has 0 spiro atoms. The molecular formula is C14H20N2O. The molecule has 3 heteroatoms. The monoisotopic (exact) mass is 232 g/mol. The van der Waals surface area contributed by atoms with Crippen LogP contribution in [0, 0.1) is 0 Å². The van der Waals surface area contributed by atoms with Gasteiger partial charge in [0.05, 0.1) is 6.04 Å². The van der Waals surface area contributed by atoms with E-state index in [4.69, 9.17) is 5.73 Å². The SMILES string of the molecule is CC[C@H](N)C(=O)N1CCc2ccccc2CC1. The predicted molar refractivity (Wildman–Crippen MR) is 68.7 cm³/mol. The molecule has 0 aromatic heterocycles. The fourth-order valence-electron chi connectivity index (χ4n) is 2.30. The summed E-state index contributed by atoms with van der Waals surface area (Å²) in [6.07, 6.45) is 2.60. The van der Waals surface area contributed by atoms with Gasteiger partial charge >= 0.3 is 0 Å². The highest BCUT2D eigenvalue weighted by molar-refractivity contribution is 5.81. The summed E-state index contributed by atoms with van der Waals surface area (Å²) in [5.41, 5.74) is 8.55. The molecule has 0 unspecified atom stereocenters. The van der Waals surface area contributed by atoms with Gasteiger partial charge in [-0.3, -0.25) is 4.79 Å². The molecule has 0 aliphatic carbocycles. The number of nitrogens with two attached hydrogens (primary N) is 1. The highest BCUT2D eigenvalue weighted by Gasteiger charge is 2.21. The second-order valence-corrected chi connectivity index (χ2v) is 4.61. The van der Waals surface area contributed by atoms with Crippen molar-refractivity contribution in [1.82, 2.24) is 4.90 Å². The van der Waals surface area contributed by atoms with Crippen molar-refractivity contribution in [1.29, 1.82) is 0 Å². The van der Waals surface area contributed by atoms with Crippen molar-refractivity contribution < 1.29 is 4.79 Å². The molecule has 1 aliphatic heterocycles. The summed E-state index contributed by atoms with van der Waals surface area (Å²) in [6, 6.07) is 8.10. The molecule has 0 fully saturated rings. The second kappa shape index (κ2) is 5.32. The topological polar surface area (TPSA) is 46.3 Å². The zero-order valence-electron chi connectivity index (χ0n) is 10.4. The second-order valence-electron chi connectivity index (χ2n) is 4.61. The van der Waals surface area contributed by atoms with Gasteiger partial charge in [0, 0.05) is 13.1 Å². The summed E-state index contributed by atoms with van der Waals surface area (Å²) in [5, 5.41) is 0. The Morgan fingerprint density at radius 1 is 1.29 bits per heavy atom. The molecule has 0 saturated carbocycles. The Balaban J connectivity index is 2.06. The average molecular weight is 232 g/mol. The van der Waals surface area contributed by atoms with Crippen LogP contribution in [0.4, 0.5) is 0 Å². The van der Waals surface area contributed by atoms with Crippen LogP contribution < -0.4 is 5.73 Å². The molecule has 0 radical (unpaired) electrons. The molecular weight excluding hydrogens is 212 g/mol. The van der Waals surface area contributed by atoms with Crippen LogP contribution in [0.25, 0.3) is 0 Å². The first-order valence-electron chi connectivity index (χ1n) is 6.33. The van der Waals surface area contributed by atoms with Gasteiger partial charge in [0.15, 0.2) is 0 Å². The van der Waals surface area contributed by atoms with Crippen molar-refractivity contribution in [2.24, 2.45) is 5.73 Å². The molecule has 1 aliphatic rings. The minimum Gasteiger partial charge on any atom is -0.341 e. The van der Waals surface area contributed by atoms with Gasteiger partial charge in [0.1, 0.15) is 0 Å². The van der Waals surface area contributed by atoms with Gasteiger partial charge < -0.3 is 10.6 Å². The smallest absolute Gasteiger partial charge is 0.239 e. The van der Waals surface area contributed by atoms with Gasteiger partial charge in [-0.2, -0.15) is 0 Å². The summed E-state index contributed by atoms with van der Waals surface area (Å²) in [5.74, 6) is 0.0975. The van der Waals surface area contributed by atoms with Crippen LogP contribution in [0.15, 0.2) is 24.3 Å². The van der Waals surface area contributed by atoms with Crippen LogP contribution in [-0.2, 0) is 17.6 Å². The van der Waals surface area contributed by atoms with Crippen LogP contribution in [0.2, 0.25) is 0 Å². The van der Waals surface area contributed by atoms with Crippen LogP contribution in [0.3, 0.4) is 0 Å². The first-order valence-corrected chi connectivity index (χ1v) is 6.33. The maximum atomic E-state index is 12.0. The number of fused-ring (bicyclic) bond motifs is 1. The van der Waals surface area contributed by atoms with Crippen molar-refractivity contribution in [3.63, 3.8) is 0 Å². The fourth-order valence-corrected chi connectivity index (χ4v) is 2.30. The van der Waals surface area contributed by atoms with E-state index in [1.165, 1.54) is 11.1 Å². The van der Waals surface area contributed by atoms with Crippen LogP contribution in [0.1, 0.15) is 24.5 Å². The summed E-state index contributed by atoms with van der Waals surface area (Å²) in [4.78, 5) is 13.9. The quantitative estimate of drug-likeness (QED) is 0.836. The van der Waals surface area contributed by atoms with Crippen molar-refractivity contribution in [2.75, 3.05) is 13.1 Å². The van der Waals surface area contributed by atoms with Crippen molar-refractivity contribution in [3.05, 3.63) is 35.4 Å². The van der Waals surface area contributed by atoms with E-state index in [9.17, 15) is 4.79 Å². The van der Waals surface area contributed by atoms with Crippen LogP contribution in [-0.4, -0.2) is 29.9 Å². The summed E-state index contributed by atoms with van der Waals surface area (Å²) < 4.78 is 0. The Labute approximate surface area is 103 Å². The molecule has 2 rings (SSSR count). The lowest BCUT2D eigenvalue weighted by Gasteiger charge is -2.23. The Kier molecular flexibility index (Phi) is 3.79. The zero-order chi connectivity index (χ0) is 12.3. The van der Waals surface area contributed by atoms with Gasteiger partial charge in [-0.15, -0.1) is 0 Å². The lowest BCUT2D eigenvalue weighted by atomic mass is 10.0. The van der Waals surface area contributed by atoms with Gasteiger partial charge in [-0.1, -0.05) is 31.2 Å². The van der Waals surface area contributed by atoms with E-state index in [-0.39, 0.29) is 11.9 Å². The third-order valence-electron chi connectivity index (χ3n) is 3.49. The maximum Gasteiger partial charge on any atom is 0.239 e. The molecule has 1 amide bonds. The predicted octanol–water partition coefficient (Wildman–Crippen LogP) is 1.35. The third-order valence-corrected chi connectivity index (χ3v) is 3.49. The molecule has 1 heterocycles. The average Bonchev–Trinajstić information content (AvgIpc) is 2.59. The first kappa shape index (κ1) is 12.1. The number of benzene rings is 1. The molecule has 0 bridgehead atoms. The van der Waals surface area contributed by atoms with E-state index in [0.29, 0.717) is 6.42 Å². The van der Waals surface area contributed by atoms with E-state index in [2.05, 4.69) is 24.3 Å². The van der Waals surface area contributed by atoms with Crippen molar-refractivity contribution in [3.8, 4) is 0 Å². The lowest BCUT2D eigenvalue weighted by Crippen LogP contribution is -2.44. The number of carbonyl (C=O) groups is 1. The van der Waals surface area contributed by atoms with Crippen LogP contribution >= 0.6 is 0 Å². The van der Waals surface area contributed by atoms with Crippen molar-refractivity contribution in [2.45, 2.75) is 32.2 Å². The molecule has 1 atom stereocenters. The van der Waals surface area contributed by atoms with E-state index < -0.39 is 0 Å². The Hall–Kier alpha value is -1.35. The van der Waals surface area contributed by atoms with Gasteiger partial charge in [-0.05, 0) is 30.4 Å². The third kappa shape index (κ3) is 2.67. The number of carbonyl (C=O) groups excluding carboxylic acids is 1. The Morgan fingerprint density at radius 3 is 2.29 bits per heavy atom. The maximum absolute atomic E-state index is 12.0. The standard InChI is InChI=1S/C14H20N2O/c1-2-13(15)14(17)16-9-7-11-5-3-4-6-12(11)8-10-16/h3-6,13H,2,7-10,15H2,1H3/t13-/m0/s1. The van der Waals surface area contributed by atoms with E-state index in [1.807, 2.05) is 11.8 Å². The molecule has 1 aromatic rings. The Bertz CT molecular complexity index is 376. The van der Waals surface area contributed by atoms with Crippen molar-refractivity contribution >= 4 is 5.91 Å². The largest absolute Gasteiger partial charge is 0.341 e. The Morgan fingerprint density at radius 2 is 1.82 bits per heavy atom. The van der Waals surface area contributed by atoms with E-state index in [0.717, 1.165) is 25.9 Å². The summed E-state index contributed by atoms with van der Waals surface area (Å²) in [7, 11) is 0. The van der Waals surface area contributed by atoms with E-state index >= 15 is 0 Å². The van der Waals surface area contributed by atoms with E-state index in [1.54, 1.807) is 0 Å². The van der Waals surface area contributed by atoms with Gasteiger partial charge in [0.2, 0.25) is 5.91 Å². The summed E-state index contributed by atoms with van der Waals surface area (Å²) in [6.45, 7) is 3.54. The summed E-state index contributed by atoms with van der Waals surface area (Å²) >= 11 is 0. The van der Waals surface area contributed by atoms with Crippen LogP contribution in [0.5, 0.6) is 0 Å². The minimum atomic E-state index is -0.337. The number of nitrogens with zero attached hydrogens (tertiary/aromatic N) is 1. The highest BCUT2D eigenvalue weighted by atomic mass is 16.2. The molecule has 92 valence electrons. The fraction of sp³-hybridized carbons (Fsp3) is 0.500. The first-order chi connectivity index (χ1) is 8.22. The minimum absolute atomic E-state index is 0.0975. The van der Waals surface area contributed by atoms with Gasteiger partial charge in [-0.25, -0.2) is 0 Å². The zero-order valence-corrected chi connectivity index (χ0v) is 10.4. The van der Waals surface area contributed by atoms with Gasteiger partial charge in [0.25, 0.3) is 0 Å². The number of hydrogen-bond acceptors (Lipinski definition) is 2. The number of amides is 1. The number of rotatable bonds is 2.